The maximum absolute atomic E-state index is 12.4. The second kappa shape index (κ2) is 7.10. The molecule has 1 aromatic rings. The van der Waals surface area contributed by atoms with Crippen LogP contribution in [0.4, 0.5) is 0 Å². The molecule has 5 heteroatoms. The van der Waals surface area contributed by atoms with E-state index in [0.717, 1.165) is 5.56 Å². The molecule has 1 aliphatic heterocycles. The number of nitrogens with zero attached hydrogens (tertiary/aromatic N) is 2. The summed E-state index contributed by atoms with van der Waals surface area (Å²) in [4.78, 5) is 24.9. The maximum atomic E-state index is 12.4. The number of carboxylic acid groups (broad SMARTS) is 1. The topological polar surface area (TPSA) is 81.4 Å². The number of likely N-dealkylation sites (tertiary alicyclic amines) is 1. The zero-order chi connectivity index (χ0) is 17.0. The van der Waals surface area contributed by atoms with E-state index in [2.05, 4.69) is 13.8 Å². The first-order chi connectivity index (χ1) is 10.9. The summed E-state index contributed by atoms with van der Waals surface area (Å²) in [5.74, 6) is -1.12. The predicted molar refractivity (Wildman–Crippen MR) is 86.5 cm³/mol. The highest BCUT2D eigenvalue weighted by Crippen LogP contribution is 2.21. The highest BCUT2D eigenvalue weighted by atomic mass is 16.4. The minimum Gasteiger partial charge on any atom is -0.480 e. The van der Waals surface area contributed by atoms with Crippen LogP contribution in [0.5, 0.6) is 0 Å². The molecule has 1 amide bonds. The lowest BCUT2D eigenvalue weighted by Gasteiger charge is -2.20. The minimum atomic E-state index is -1.02. The third kappa shape index (κ3) is 3.78. The summed E-state index contributed by atoms with van der Waals surface area (Å²) in [5.41, 5.74) is 1.90. The number of aliphatic carboxylic acids is 1. The first-order valence-corrected chi connectivity index (χ1v) is 7.69. The molecule has 0 spiro atoms. The average molecular weight is 312 g/mol. The molecule has 0 bridgehead atoms. The van der Waals surface area contributed by atoms with Gasteiger partial charge in [0.05, 0.1) is 0 Å². The molecule has 1 aliphatic rings. The molecule has 0 aromatic heterocycles. The molecule has 1 unspecified atom stereocenters. The number of hydrogen-bond donors (Lipinski definition) is 1. The van der Waals surface area contributed by atoms with Gasteiger partial charge in [-0.15, -0.1) is 0 Å². The lowest BCUT2D eigenvalue weighted by atomic mass is 10.0. The number of carbonyl (C=O) groups is 2. The van der Waals surface area contributed by atoms with E-state index in [1.165, 1.54) is 16.5 Å². The van der Waals surface area contributed by atoms with Crippen molar-refractivity contribution in [2.24, 2.45) is 0 Å². The number of carboxylic acids is 1. The van der Waals surface area contributed by atoms with Crippen LogP contribution in [0.2, 0.25) is 0 Å². The highest BCUT2D eigenvalue weighted by molar-refractivity contribution is 6.03. The molecule has 1 aromatic carbocycles. The Hall–Kier alpha value is -2.61. The molecule has 0 saturated carbocycles. The molecule has 1 atom stereocenters. The Morgan fingerprint density at radius 3 is 2.52 bits per heavy atom. The zero-order valence-electron chi connectivity index (χ0n) is 13.3. The number of amides is 1. The van der Waals surface area contributed by atoms with Gasteiger partial charge in [0.15, 0.2) is 0 Å². The largest absolute Gasteiger partial charge is 0.480 e. The average Bonchev–Trinajstić information content (AvgIpc) is 3.02. The van der Waals surface area contributed by atoms with Crippen LogP contribution in [-0.2, 0) is 9.59 Å². The highest BCUT2D eigenvalue weighted by Gasteiger charge is 2.35. The van der Waals surface area contributed by atoms with Gasteiger partial charge >= 0.3 is 5.97 Å². The second-order valence-corrected chi connectivity index (χ2v) is 5.99. The first-order valence-electron chi connectivity index (χ1n) is 7.69. The molecule has 120 valence electrons. The molecule has 1 fully saturated rings. The van der Waals surface area contributed by atoms with E-state index in [4.69, 9.17) is 5.11 Å². The van der Waals surface area contributed by atoms with Crippen LogP contribution in [0.25, 0.3) is 6.08 Å². The lowest BCUT2D eigenvalue weighted by Crippen LogP contribution is -2.40. The van der Waals surface area contributed by atoms with E-state index in [1.807, 2.05) is 30.3 Å². The van der Waals surface area contributed by atoms with Crippen molar-refractivity contribution in [2.45, 2.75) is 38.6 Å². The molecule has 1 saturated heterocycles. The van der Waals surface area contributed by atoms with Gasteiger partial charge in [-0.1, -0.05) is 38.1 Å². The molecule has 0 aliphatic carbocycles. The number of nitriles is 1. The van der Waals surface area contributed by atoms with Gasteiger partial charge in [-0.05, 0) is 36.0 Å². The molecule has 1 N–H and O–H groups in total. The number of benzene rings is 1. The SMILES string of the molecule is CC(C)c1ccc(/C=C(/C#N)C(=O)N2CCCC2C(=O)O)cc1. The van der Waals surface area contributed by atoms with E-state index >= 15 is 0 Å². The summed E-state index contributed by atoms with van der Waals surface area (Å²) in [7, 11) is 0. The van der Waals surface area contributed by atoms with Crippen molar-refractivity contribution in [3.63, 3.8) is 0 Å². The Bertz CT molecular complexity index is 669. The summed E-state index contributed by atoms with van der Waals surface area (Å²) in [6.07, 6.45) is 2.59. The monoisotopic (exact) mass is 312 g/mol. The summed E-state index contributed by atoms with van der Waals surface area (Å²) < 4.78 is 0. The number of carbonyl (C=O) groups excluding carboxylic acids is 1. The third-order valence-electron chi connectivity index (χ3n) is 4.06. The van der Waals surface area contributed by atoms with Crippen molar-refractivity contribution in [3.05, 3.63) is 41.0 Å². The summed E-state index contributed by atoms with van der Waals surface area (Å²) in [5, 5.41) is 18.4. The van der Waals surface area contributed by atoms with Crippen LogP contribution in [0, 0.1) is 11.3 Å². The molecule has 1 heterocycles. The molecule has 2 rings (SSSR count). The van der Waals surface area contributed by atoms with Gasteiger partial charge < -0.3 is 10.0 Å². The van der Waals surface area contributed by atoms with Gasteiger partial charge in [0, 0.05) is 6.54 Å². The quantitative estimate of drug-likeness (QED) is 0.684. The Morgan fingerprint density at radius 1 is 1.35 bits per heavy atom. The fraction of sp³-hybridized carbons (Fsp3) is 0.389. The van der Waals surface area contributed by atoms with Crippen molar-refractivity contribution in [1.29, 1.82) is 5.26 Å². The van der Waals surface area contributed by atoms with Crippen molar-refractivity contribution in [2.75, 3.05) is 6.54 Å². The summed E-state index contributed by atoms with van der Waals surface area (Å²) >= 11 is 0. The maximum Gasteiger partial charge on any atom is 0.326 e. The molecule has 5 nitrogen and oxygen atoms in total. The van der Waals surface area contributed by atoms with E-state index < -0.39 is 17.9 Å². The first kappa shape index (κ1) is 16.8. The fourth-order valence-electron chi connectivity index (χ4n) is 2.71. The molecule has 0 radical (unpaired) electrons. The summed E-state index contributed by atoms with van der Waals surface area (Å²) in [6.45, 7) is 4.56. The lowest BCUT2D eigenvalue weighted by molar-refractivity contribution is -0.146. The Kier molecular flexibility index (Phi) is 5.17. The van der Waals surface area contributed by atoms with Crippen molar-refractivity contribution < 1.29 is 14.7 Å². The van der Waals surface area contributed by atoms with Crippen LogP contribution in [0.15, 0.2) is 29.8 Å². The number of hydrogen-bond acceptors (Lipinski definition) is 3. The van der Waals surface area contributed by atoms with Gasteiger partial charge in [0.1, 0.15) is 17.7 Å². The van der Waals surface area contributed by atoms with Gasteiger partial charge in [0.2, 0.25) is 0 Å². The van der Waals surface area contributed by atoms with Crippen molar-refractivity contribution in [1.82, 2.24) is 4.90 Å². The van der Waals surface area contributed by atoms with E-state index in [9.17, 15) is 14.9 Å². The predicted octanol–water partition coefficient (Wildman–Crippen LogP) is 2.79. The fourth-order valence-corrected chi connectivity index (χ4v) is 2.71. The van der Waals surface area contributed by atoms with E-state index in [-0.39, 0.29) is 5.57 Å². The standard InChI is InChI=1S/C18H20N2O3/c1-12(2)14-7-5-13(6-8-14)10-15(11-19)17(21)20-9-3-4-16(20)18(22)23/h5-8,10,12,16H,3-4,9H2,1-2H3,(H,22,23)/b15-10-. The van der Waals surface area contributed by atoms with Crippen molar-refractivity contribution >= 4 is 18.0 Å². The summed E-state index contributed by atoms with van der Waals surface area (Å²) in [6, 6.07) is 8.72. The normalized spacial score (nSPS) is 18.1. The van der Waals surface area contributed by atoms with Crippen LogP contribution < -0.4 is 0 Å². The number of rotatable bonds is 4. The van der Waals surface area contributed by atoms with Crippen LogP contribution in [0.1, 0.15) is 43.7 Å². The van der Waals surface area contributed by atoms with E-state index in [1.54, 1.807) is 0 Å². The Balaban J connectivity index is 2.23. The smallest absolute Gasteiger partial charge is 0.326 e. The van der Waals surface area contributed by atoms with Gasteiger partial charge in [-0.2, -0.15) is 5.26 Å². The Labute approximate surface area is 135 Å². The molecule has 23 heavy (non-hydrogen) atoms. The molecular weight excluding hydrogens is 292 g/mol. The van der Waals surface area contributed by atoms with E-state index in [0.29, 0.717) is 25.3 Å². The zero-order valence-corrected chi connectivity index (χ0v) is 13.3. The van der Waals surface area contributed by atoms with Crippen molar-refractivity contribution in [3.8, 4) is 6.07 Å². The van der Waals surface area contributed by atoms with Gasteiger partial charge in [-0.3, -0.25) is 4.79 Å². The Morgan fingerprint density at radius 2 is 2.00 bits per heavy atom. The van der Waals surface area contributed by atoms with Crippen LogP contribution in [0.3, 0.4) is 0 Å². The molecular formula is C18H20N2O3. The second-order valence-electron chi connectivity index (χ2n) is 5.99. The van der Waals surface area contributed by atoms with Crippen LogP contribution >= 0.6 is 0 Å². The third-order valence-corrected chi connectivity index (χ3v) is 4.06. The van der Waals surface area contributed by atoms with Gasteiger partial charge in [0.25, 0.3) is 5.91 Å². The van der Waals surface area contributed by atoms with Gasteiger partial charge in [-0.25, -0.2) is 4.79 Å². The van der Waals surface area contributed by atoms with Crippen LogP contribution in [-0.4, -0.2) is 34.5 Å². The minimum absolute atomic E-state index is 0.0320.